The van der Waals surface area contributed by atoms with Crippen molar-refractivity contribution in [2.24, 2.45) is 0 Å². The number of aliphatic hydroxyl groups excluding tert-OH is 2. The maximum absolute atomic E-state index is 13.1. The summed E-state index contributed by atoms with van der Waals surface area (Å²) < 4.78 is 39.4. The standard InChI is InChI=1S/C15H20F3NO2/c1-2-10(20)8-19-9-11(21)7-14(19)12-5-3-4-6-13(12)15(16,17)18/h3-6,10-11,14,20-21H,2,7-9H2,1H3/t10-,11+,14-/m0/s1. The van der Waals surface area contributed by atoms with Gasteiger partial charge in [0.15, 0.2) is 0 Å². The van der Waals surface area contributed by atoms with Crippen molar-refractivity contribution in [3.05, 3.63) is 35.4 Å². The van der Waals surface area contributed by atoms with Gasteiger partial charge in [-0.15, -0.1) is 0 Å². The minimum Gasteiger partial charge on any atom is -0.392 e. The Morgan fingerprint density at radius 1 is 1.33 bits per heavy atom. The van der Waals surface area contributed by atoms with Crippen LogP contribution in [0.4, 0.5) is 13.2 Å². The lowest BCUT2D eigenvalue weighted by atomic mass is 9.97. The van der Waals surface area contributed by atoms with Crippen molar-refractivity contribution in [1.29, 1.82) is 0 Å². The van der Waals surface area contributed by atoms with Crippen molar-refractivity contribution in [3.8, 4) is 0 Å². The van der Waals surface area contributed by atoms with E-state index in [4.69, 9.17) is 0 Å². The van der Waals surface area contributed by atoms with Crippen molar-refractivity contribution in [3.63, 3.8) is 0 Å². The van der Waals surface area contributed by atoms with Crippen LogP contribution >= 0.6 is 0 Å². The molecule has 0 aromatic heterocycles. The van der Waals surface area contributed by atoms with Gasteiger partial charge in [-0.25, -0.2) is 0 Å². The molecule has 6 heteroatoms. The second kappa shape index (κ2) is 6.34. The van der Waals surface area contributed by atoms with Gasteiger partial charge >= 0.3 is 6.18 Å². The molecule has 3 atom stereocenters. The van der Waals surface area contributed by atoms with Crippen LogP contribution in [0.3, 0.4) is 0 Å². The molecule has 1 saturated heterocycles. The van der Waals surface area contributed by atoms with Gasteiger partial charge in [-0.2, -0.15) is 13.2 Å². The topological polar surface area (TPSA) is 43.7 Å². The van der Waals surface area contributed by atoms with Crippen LogP contribution in [0, 0.1) is 0 Å². The number of rotatable bonds is 4. The lowest BCUT2D eigenvalue weighted by Gasteiger charge is -2.28. The van der Waals surface area contributed by atoms with Crippen LogP contribution in [0.25, 0.3) is 0 Å². The fraction of sp³-hybridized carbons (Fsp3) is 0.600. The Balaban J connectivity index is 2.31. The molecule has 21 heavy (non-hydrogen) atoms. The van der Waals surface area contributed by atoms with Gasteiger partial charge in [-0.05, 0) is 24.5 Å². The lowest BCUT2D eigenvalue weighted by molar-refractivity contribution is -0.138. The molecular weight excluding hydrogens is 283 g/mol. The van der Waals surface area contributed by atoms with Crippen LogP contribution in [0.2, 0.25) is 0 Å². The predicted molar refractivity (Wildman–Crippen MR) is 72.7 cm³/mol. The third kappa shape index (κ3) is 3.75. The minimum absolute atomic E-state index is 0.171. The maximum atomic E-state index is 13.1. The smallest absolute Gasteiger partial charge is 0.392 e. The second-order valence-electron chi connectivity index (χ2n) is 5.51. The maximum Gasteiger partial charge on any atom is 0.416 e. The molecule has 0 amide bonds. The fourth-order valence-electron chi connectivity index (χ4n) is 2.85. The summed E-state index contributed by atoms with van der Waals surface area (Å²) in [5, 5.41) is 19.6. The first kappa shape index (κ1) is 16.3. The number of hydrogen-bond donors (Lipinski definition) is 2. The van der Waals surface area contributed by atoms with Crippen LogP contribution in [0.15, 0.2) is 24.3 Å². The molecular formula is C15H20F3NO2. The molecule has 2 N–H and O–H groups in total. The van der Waals surface area contributed by atoms with Crippen molar-refractivity contribution < 1.29 is 23.4 Å². The average Bonchev–Trinajstić information content (AvgIpc) is 2.78. The van der Waals surface area contributed by atoms with Crippen molar-refractivity contribution >= 4 is 0 Å². The fourth-order valence-corrected chi connectivity index (χ4v) is 2.85. The van der Waals surface area contributed by atoms with Gasteiger partial charge in [0.25, 0.3) is 0 Å². The zero-order valence-corrected chi connectivity index (χ0v) is 11.8. The van der Waals surface area contributed by atoms with E-state index in [0.717, 1.165) is 6.07 Å². The number of nitrogens with zero attached hydrogens (tertiary/aromatic N) is 1. The summed E-state index contributed by atoms with van der Waals surface area (Å²) in [5.41, 5.74) is -0.495. The summed E-state index contributed by atoms with van der Waals surface area (Å²) in [6.07, 6.45) is -4.90. The minimum atomic E-state index is -4.42. The molecule has 0 aliphatic carbocycles. The molecule has 1 aliphatic rings. The number of hydrogen-bond acceptors (Lipinski definition) is 3. The molecule has 0 unspecified atom stereocenters. The van der Waals surface area contributed by atoms with Gasteiger partial charge in [-0.1, -0.05) is 25.1 Å². The molecule has 0 bridgehead atoms. The normalized spacial score (nSPS) is 25.2. The summed E-state index contributed by atoms with van der Waals surface area (Å²) in [4.78, 5) is 1.74. The Morgan fingerprint density at radius 2 is 2.00 bits per heavy atom. The molecule has 1 fully saturated rings. The molecule has 0 saturated carbocycles. The molecule has 0 radical (unpaired) electrons. The summed E-state index contributed by atoms with van der Waals surface area (Å²) in [7, 11) is 0. The zero-order chi connectivity index (χ0) is 15.6. The quantitative estimate of drug-likeness (QED) is 0.898. The van der Waals surface area contributed by atoms with Gasteiger partial charge in [-0.3, -0.25) is 4.90 Å². The molecule has 0 spiro atoms. The van der Waals surface area contributed by atoms with Gasteiger partial charge in [0, 0.05) is 19.1 Å². The average molecular weight is 303 g/mol. The van der Waals surface area contributed by atoms with E-state index < -0.39 is 30.0 Å². The van der Waals surface area contributed by atoms with E-state index in [1.54, 1.807) is 11.0 Å². The van der Waals surface area contributed by atoms with E-state index in [-0.39, 0.29) is 25.1 Å². The Morgan fingerprint density at radius 3 is 2.62 bits per heavy atom. The van der Waals surface area contributed by atoms with Gasteiger partial charge in [0.1, 0.15) is 0 Å². The Hall–Kier alpha value is -1.11. The van der Waals surface area contributed by atoms with Crippen LogP contribution in [-0.4, -0.2) is 40.4 Å². The summed E-state index contributed by atoms with van der Waals surface area (Å²) >= 11 is 0. The van der Waals surface area contributed by atoms with E-state index in [1.807, 2.05) is 6.92 Å². The Kier molecular flexibility index (Phi) is 4.91. The highest BCUT2D eigenvalue weighted by atomic mass is 19.4. The monoisotopic (exact) mass is 303 g/mol. The zero-order valence-electron chi connectivity index (χ0n) is 11.8. The van der Waals surface area contributed by atoms with Crippen molar-refractivity contribution in [2.45, 2.75) is 44.2 Å². The molecule has 3 nitrogen and oxygen atoms in total. The highest BCUT2D eigenvalue weighted by Crippen LogP contribution is 2.40. The molecule has 1 aromatic carbocycles. The van der Waals surface area contributed by atoms with Crippen molar-refractivity contribution in [2.75, 3.05) is 13.1 Å². The van der Waals surface area contributed by atoms with Crippen molar-refractivity contribution in [1.82, 2.24) is 4.90 Å². The summed E-state index contributed by atoms with van der Waals surface area (Å²) in [5.74, 6) is 0. The first-order valence-electron chi connectivity index (χ1n) is 7.09. The van der Waals surface area contributed by atoms with Crippen LogP contribution in [-0.2, 0) is 6.18 Å². The Bertz CT molecular complexity index is 478. The van der Waals surface area contributed by atoms with Gasteiger partial charge in [0.05, 0.1) is 17.8 Å². The van der Waals surface area contributed by atoms with Gasteiger partial charge < -0.3 is 10.2 Å². The third-order valence-electron chi connectivity index (χ3n) is 3.92. The summed E-state index contributed by atoms with van der Waals surface area (Å²) in [6, 6.07) is 4.94. The number of likely N-dealkylation sites (tertiary alicyclic amines) is 1. The number of β-amino-alcohol motifs (C(OH)–C–C–N with tert-alkyl or cyclic N) is 2. The van der Waals surface area contributed by atoms with E-state index in [9.17, 15) is 23.4 Å². The van der Waals surface area contributed by atoms with Crippen LogP contribution in [0.5, 0.6) is 0 Å². The van der Waals surface area contributed by atoms with Crippen LogP contribution < -0.4 is 0 Å². The predicted octanol–water partition coefficient (Wildman–Crippen LogP) is 2.58. The highest BCUT2D eigenvalue weighted by Gasteiger charge is 2.39. The second-order valence-corrected chi connectivity index (χ2v) is 5.51. The molecule has 2 rings (SSSR count). The number of alkyl halides is 3. The van der Waals surface area contributed by atoms with E-state index in [2.05, 4.69) is 0 Å². The van der Waals surface area contributed by atoms with Gasteiger partial charge in [0.2, 0.25) is 0 Å². The molecule has 118 valence electrons. The van der Waals surface area contributed by atoms with E-state index in [0.29, 0.717) is 6.42 Å². The first-order valence-corrected chi connectivity index (χ1v) is 7.09. The largest absolute Gasteiger partial charge is 0.416 e. The van der Waals surface area contributed by atoms with E-state index in [1.165, 1.54) is 12.1 Å². The lowest BCUT2D eigenvalue weighted by Crippen LogP contribution is -2.33. The molecule has 1 aromatic rings. The third-order valence-corrected chi connectivity index (χ3v) is 3.92. The van der Waals surface area contributed by atoms with E-state index >= 15 is 0 Å². The number of benzene rings is 1. The number of halogens is 3. The van der Waals surface area contributed by atoms with Crippen LogP contribution in [0.1, 0.15) is 36.9 Å². The Labute approximate surface area is 122 Å². The SMILES string of the molecule is CC[C@H](O)CN1C[C@H](O)C[C@H]1c1ccccc1C(F)(F)F. The molecule has 1 aliphatic heterocycles. The first-order chi connectivity index (χ1) is 9.82. The highest BCUT2D eigenvalue weighted by molar-refractivity contribution is 5.33. The summed E-state index contributed by atoms with van der Waals surface area (Å²) in [6.45, 7) is 2.37. The number of aliphatic hydroxyl groups is 2. The molecule has 1 heterocycles.